The standard InChI is InChI=1S/C15H21BrN2/c1-12-9-13(10-16)4-5-15(12)18-8-7-17-6-2-3-14(17)11-18/h4-5,9,14H,2-3,6-8,10-11H2,1H3. The molecule has 2 heterocycles. The topological polar surface area (TPSA) is 6.48 Å². The highest BCUT2D eigenvalue weighted by atomic mass is 79.9. The normalized spacial score (nSPS) is 24.3. The lowest BCUT2D eigenvalue weighted by molar-refractivity contribution is 0.231. The van der Waals surface area contributed by atoms with Crippen molar-refractivity contribution in [1.82, 2.24) is 4.90 Å². The van der Waals surface area contributed by atoms with Crippen LogP contribution in [0.25, 0.3) is 0 Å². The fourth-order valence-corrected chi connectivity index (χ4v) is 3.71. The molecule has 3 heteroatoms. The number of piperazine rings is 1. The number of halogens is 1. The molecule has 98 valence electrons. The van der Waals surface area contributed by atoms with Crippen molar-refractivity contribution in [2.24, 2.45) is 0 Å². The van der Waals surface area contributed by atoms with E-state index >= 15 is 0 Å². The van der Waals surface area contributed by atoms with Crippen LogP contribution in [0.15, 0.2) is 18.2 Å². The molecule has 3 rings (SSSR count). The van der Waals surface area contributed by atoms with Crippen molar-refractivity contribution < 1.29 is 0 Å². The highest BCUT2D eigenvalue weighted by molar-refractivity contribution is 9.08. The molecule has 1 atom stereocenters. The predicted octanol–water partition coefficient (Wildman–Crippen LogP) is 3.17. The molecule has 0 saturated carbocycles. The zero-order chi connectivity index (χ0) is 12.5. The van der Waals surface area contributed by atoms with Gasteiger partial charge in [-0.3, -0.25) is 4.90 Å². The fourth-order valence-electron chi connectivity index (χ4n) is 3.37. The van der Waals surface area contributed by atoms with Crippen molar-refractivity contribution in [3.05, 3.63) is 29.3 Å². The molecule has 1 unspecified atom stereocenters. The van der Waals surface area contributed by atoms with E-state index in [1.165, 1.54) is 55.8 Å². The second kappa shape index (κ2) is 5.22. The Morgan fingerprint density at radius 2 is 2.17 bits per heavy atom. The van der Waals surface area contributed by atoms with Gasteiger partial charge in [-0.15, -0.1) is 0 Å². The van der Waals surface area contributed by atoms with Crippen LogP contribution in [0, 0.1) is 6.92 Å². The minimum Gasteiger partial charge on any atom is -0.368 e. The van der Waals surface area contributed by atoms with Gasteiger partial charge >= 0.3 is 0 Å². The molecule has 2 aliphatic rings. The van der Waals surface area contributed by atoms with Gasteiger partial charge in [0, 0.05) is 36.7 Å². The van der Waals surface area contributed by atoms with Crippen LogP contribution in [0.4, 0.5) is 5.69 Å². The summed E-state index contributed by atoms with van der Waals surface area (Å²) < 4.78 is 0. The van der Waals surface area contributed by atoms with E-state index in [1.54, 1.807) is 0 Å². The van der Waals surface area contributed by atoms with Gasteiger partial charge in [-0.1, -0.05) is 28.1 Å². The molecule has 1 aromatic rings. The van der Waals surface area contributed by atoms with E-state index in [1.807, 2.05) is 0 Å². The first kappa shape index (κ1) is 12.5. The monoisotopic (exact) mass is 308 g/mol. The van der Waals surface area contributed by atoms with Gasteiger partial charge in [0.2, 0.25) is 0 Å². The van der Waals surface area contributed by atoms with Crippen LogP contribution >= 0.6 is 15.9 Å². The molecule has 2 nitrogen and oxygen atoms in total. The lowest BCUT2D eigenvalue weighted by Gasteiger charge is -2.39. The molecule has 2 saturated heterocycles. The second-order valence-corrected chi connectivity index (χ2v) is 6.09. The quantitative estimate of drug-likeness (QED) is 0.774. The van der Waals surface area contributed by atoms with E-state index in [4.69, 9.17) is 0 Å². The first-order chi connectivity index (χ1) is 8.78. The summed E-state index contributed by atoms with van der Waals surface area (Å²) in [6.07, 6.45) is 2.77. The number of nitrogens with zero attached hydrogens (tertiary/aromatic N) is 2. The summed E-state index contributed by atoms with van der Waals surface area (Å²) in [7, 11) is 0. The average Bonchev–Trinajstić information content (AvgIpc) is 2.85. The third-order valence-electron chi connectivity index (χ3n) is 4.34. The number of benzene rings is 1. The van der Waals surface area contributed by atoms with E-state index in [0.29, 0.717) is 0 Å². The molecule has 0 amide bonds. The first-order valence-electron chi connectivity index (χ1n) is 6.92. The largest absolute Gasteiger partial charge is 0.368 e. The van der Waals surface area contributed by atoms with Crippen molar-refractivity contribution in [2.45, 2.75) is 31.1 Å². The van der Waals surface area contributed by atoms with Crippen molar-refractivity contribution in [3.8, 4) is 0 Å². The fraction of sp³-hybridized carbons (Fsp3) is 0.600. The number of aryl methyl sites for hydroxylation is 1. The third-order valence-corrected chi connectivity index (χ3v) is 4.99. The smallest absolute Gasteiger partial charge is 0.0397 e. The number of anilines is 1. The molecule has 0 radical (unpaired) electrons. The van der Waals surface area contributed by atoms with Crippen molar-refractivity contribution in [2.75, 3.05) is 31.1 Å². The summed E-state index contributed by atoms with van der Waals surface area (Å²) in [6, 6.07) is 7.66. The number of alkyl halides is 1. The highest BCUT2D eigenvalue weighted by Gasteiger charge is 2.30. The van der Waals surface area contributed by atoms with Crippen molar-refractivity contribution >= 4 is 21.6 Å². The minimum absolute atomic E-state index is 0.800. The van der Waals surface area contributed by atoms with Crippen LogP contribution in [-0.2, 0) is 5.33 Å². The lowest BCUT2D eigenvalue weighted by atomic mass is 10.1. The number of hydrogen-bond donors (Lipinski definition) is 0. The molecular formula is C15H21BrN2. The van der Waals surface area contributed by atoms with E-state index in [9.17, 15) is 0 Å². The van der Waals surface area contributed by atoms with Gasteiger partial charge in [0.1, 0.15) is 0 Å². The van der Waals surface area contributed by atoms with Gasteiger partial charge in [0.25, 0.3) is 0 Å². The third kappa shape index (κ3) is 2.30. The van der Waals surface area contributed by atoms with E-state index in [-0.39, 0.29) is 0 Å². The predicted molar refractivity (Wildman–Crippen MR) is 80.6 cm³/mol. The Balaban J connectivity index is 1.78. The molecule has 0 spiro atoms. The maximum Gasteiger partial charge on any atom is 0.0397 e. The maximum atomic E-state index is 3.53. The SMILES string of the molecule is Cc1cc(CBr)ccc1N1CCN2CCCC2C1. The Morgan fingerprint density at radius 3 is 2.94 bits per heavy atom. The molecule has 18 heavy (non-hydrogen) atoms. The summed E-state index contributed by atoms with van der Waals surface area (Å²) in [5.41, 5.74) is 4.22. The summed E-state index contributed by atoms with van der Waals surface area (Å²) >= 11 is 3.53. The van der Waals surface area contributed by atoms with Crippen LogP contribution in [0.5, 0.6) is 0 Å². The summed E-state index contributed by atoms with van der Waals surface area (Å²) in [5.74, 6) is 0. The van der Waals surface area contributed by atoms with Gasteiger partial charge in [-0.25, -0.2) is 0 Å². The Labute approximate surface area is 118 Å². The molecule has 2 fully saturated rings. The van der Waals surface area contributed by atoms with Crippen molar-refractivity contribution in [1.29, 1.82) is 0 Å². The first-order valence-corrected chi connectivity index (χ1v) is 8.04. The maximum absolute atomic E-state index is 3.53. The van der Waals surface area contributed by atoms with Crippen LogP contribution in [-0.4, -0.2) is 37.1 Å². The summed E-state index contributed by atoms with van der Waals surface area (Å²) in [5, 5.41) is 0.949. The van der Waals surface area contributed by atoms with E-state index in [0.717, 1.165) is 11.4 Å². The molecule has 0 aromatic heterocycles. The average molecular weight is 309 g/mol. The molecule has 0 aliphatic carbocycles. The highest BCUT2D eigenvalue weighted by Crippen LogP contribution is 2.28. The van der Waals surface area contributed by atoms with Crippen molar-refractivity contribution in [3.63, 3.8) is 0 Å². The van der Waals surface area contributed by atoms with Gasteiger partial charge < -0.3 is 4.90 Å². The van der Waals surface area contributed by atoms with E-state index < -0.39 is 0 Å². The van der Waals surface area contributed by atoms with E-state index in [2.05, 4.69) is 50.9 Å². The van der Waals surface area contributed by atoms with Gasteiger partial charge in [0.15, 0.2) is 0 Å². The Kier molecular flexibility index (Phi) is 3.62. The number of fused-ring (bicyclic) bond motifs is 1. The van der Waals surface area contributed by atoms with Crippen LogP contribution in [0.1, 0.15) is 24.0 Å². The molecular weight excluding hydrogens is 288 g/mol. The van der Waals surface area contributed by atoms with Crippen LogP contribution in [0.2, 0.25) is 0 Å². The van der Waals surface area contributed by atoms with Gasteiger partial charge in [0.05, 0.1) is 0 Å². The summed E-state index contributed by atoms with van der Waals surface area (Å²) in [6.45, 7) is 7.20. The summed E-state index contributed by atoms with van der Waals surface area (Å²) in [4.78, 5) is 5.25. The van der Waals surface area contributed by atoms with Gasteiger partial charge in [-0.2, -0.15) is 0 Å². The number of rotatable bonds is 2. The molecule has 0 bridgehead atoms. The Hall–Kier alpha value is -0.540. The zero-order valence-corrected chi connectivity index (χ0v) is 12.6. The zero-order valence-electron chi connectivity index (χ0n) is 11.0. The van der Waals surface area contributed by atoms with Gasteiger partial charge in [-0.05, 0) is 43.5 Å². The molecule has 0 N–H and O–H groups in total. The Morgan fingerprint density at radius 1 is 1.28 bits per heavy atom. The van der Waals surface area contributed by atoms with Crippen LogP contribution < -0.4 is 4.90 Å². The molecule has 2 aliphatic heterocycles. The second-order valence-electron chi connectivity index (χ2n) is 5.53. The number of hydrogen-bond acceptors (Lipinski definition) is 2. The lowest BCUT2D eigenvalue weighted by Crippen LogP contribution is -2.50. The van der Waals surface area contributed by atoms with Crippen LogP contribution in [0.3, 0.4) is 0 Å². The molecule has 1 aromatic carbocycles. The Bertz CT molecular complexity index is 433. The minimum atomic E-state index is 0.800.